The molecule has 0 saturated heterocycles. The van der Waals surface area contributed by atoms with Crippen molar-refractivity contribution < 1.29 is 29.3 Å². The zero-order valence-electron chi connectivity index (χ0n) is 13.2. The highest BCUT2D eigenvalue weighted by molar-refractivity contribution is 6.20. The lowest BCUT2D eigenvalue weighted by atomic mass is 9.78. The van der Waals surface area contributed by atoms with Gasteiger partial charge in [0, 0.05) is 5.38 Å². The van der Waals surface area contributed by atoms with Crippen molar-refractivity contribution in [1.82, 2.24) is 0 Å². The number of carbonyl (C=O) groups is 2. The van der Waals surface area contributed by atoms with Crippen LogP contribution in [-0.4, -0.2) is 53.0 Å². The number of hydrogen-bond acceptors (Lipinski definition) is 4. The first-order valence-electron chi connectivity index (χ1n) is 8.30. The summed E-state index contributed by atoms with van der Waals surface area (Å²) in [6.45, 7) is 0.893. The SMILES string of the molecule is O=C(O)C1CCC(OCCOC2CCC(Cl)CC2)CC1C(=O)O. The van der Waals surface area contributed by atoms with E-state index in [1.807, 2.05) is 0 Å². The largest absolute Gasteiger partial charge is 0.481 e. The maximum absolute atomic E-state index is 11.2. The predicted octanol–water partition coefficient (Wildman–Crippen LogP) is 2.52. The van der Waals surface area contributed by atoms with Gasteiger partial charge in [0.15, 0.2) is 0 Å². The van der Waals surface area contributed by atoms with E-state index in [1.165, 1.54) is 0 Å². The number of rotatable bonds is 7. The summed E-state index contributed by atoms with van der Waals surface area (Å²) in [4.78, 5) is 22.3. The smallest absolute Gasteiger partial charge is 0.307 e. The van der Waals surface area contributed by atoms with Crippen LogP contribution in [0, 0.1) is 11.8 Å². The molecule has 2 fully saturated rings. The Hall–Kier alpha value is -0.850. The van der Waals surface area contributed by atoms with E-state index in [2.05, 4.69) is 0 Å². The van der Waals surface area contributed by atoms with E-state index in [-0.39, 0.29) is 24.0 Å². The average Bonchev–Trinajstić information content (AvgIpc) is 2.53. The van der Waals surface area contributed by atoms with Crippen molar-refractivity contribution in [1.29, 1.82) is 0 Å². The third-order valence-corrected chi connectivity index (χ3v) is 5.27. The second-order valence-electron chi connectivity index (χ2n) is 6.44. The van der Waals surface area contributed by atoms with Crippen molar-refractivity contribution in [3.05, 3.63) is 0 Å². The number of carboxylic acids is 2. The van der Waals surface area contributed by atoms with Crippen LogP contribution < -0.4 is 0 Å². The summed E-state index contributed by atoms with van der Waals surface area (Å²) in [6.07, 6.45) is 5.12. The Kier molecular flexibility index (Phi) is 7.11. The molecule has 2 N–H and O–H groups in total. The normalized spacial score (nSPS) is 34.9. The van der Waals surface area contributed by atoms with Gasteiger partial charge in [-0.25, -0.2) is 0 Å². The van der Waals surface area contributed by atoms with E-state index in [0.717, 1.165) is 25.7 Å². The van der Waals surface area contributed by atoms with Crippen molar-refractivity contribution >= 4 is 23.5 Å². The van der Waals surface area contributed by atoms with Gasteiger partial charge in [-0.2, -0.15) is 0 Å². The number of ether oxygens (including phenoxy) is 2. The van der Waals surface area contributed by atoms with Crippen LogP contribution >= 0.6 is 11.6 Å². The molecule has 0 bridgehead atoms. The molecule has 6 nitrogen and oxygen atoms in total. The number of carboxylic acid groups (broad SMARTS) is 2. The van der Waals surface area contributed by atoms with Gasteiger partial charge >= 0.3 is 11.9 Å². The van der Waals surface area contributed by atoms with Crippen LogP contribution in [0.1, 0.15) is 44.9 Å². The van der Waals surface area contributed by atoms with Gasteiger partial charge < -0.3 is 19.7 Å². The molecule has 3 atom stereocenters. The molecule has 0 aromatic heterocycles. The molecule has 0 amide bonds. The highest BCUT2D eigenvalue weighted by Gasteiger charge is 2.39. The van der Waals surface area contributed by atoms with Crippen molar-refractivity contribution in [3.63, 3.8) is 0 Å². The summed E-state index contributed by atoms with van der Waals surface area (Å²) in [5, 5.41) is 18.5. The third-order valence-electron chi connectivity index (χ3n) is 4.83. The second kappa shape index (κ2) is 8.85. The van der Waals surface area contributed by atoms with Gasteiger partial charge in [-0.3, -0.25) is 9.59 Å². The topological polar surface area (TPSA) is 93.1 Å². The van der Waals surface area contributed by atoms with E-state index in [0.29, 0.717) is 26.1 Å². The fourth-order valence-corrected chi connectivity index (χ4v) is 3.72. The zero-order chi connectivity index (χ0) is 16.8. The van der Waals surface area contributed by atoms with Gasteiger partial charge in [0.2, 0.25) is 0 Å². The van der Waals surface area contributed by atoms with E-state index >= 15 is 0 Å². The van der Waals surface area contributed by atoms with Crippen LogP contribution in [0.4, 0.5) is 0 Å². The molecule has 0 aromatic rings. The first-order chi connectivity index (χ1) is 11.0. The van der Waals surface area contributed by atoms with Crippen LogP contribution in [0.3, 0.4) is 0 Å². The zero-order valence-corrected chi connectivity index (χ0v) is 13.9. The van der Waals surface area contributed by atoms with Gasteiger partial charge in [-0.15, -0.1) is 11.6 Å². The number of hydrogen-bond donors (Lipinski definition) is 2. The van der Waals surface area contributed by atoms with Crippen LogP contribution in [0.25, 0.3) is 0 Å². The molecular formula is C16H25ClO6. The lowest BCUT2D eigenvalue weighted by Crippen LogP contribution is -2.38. The summed E-state index contributed by atoms with van der Waals surface area (Å²) in [5.74, 6) is -3.77. The van der Waals surface area contributed by atoms with Crippen molar-refractivity contribution in [2.75, 3.05) is 13.2 Å². The Morgan fingerprint density at radius 3 is 1.91 bits per heavy atom. The molecule has 0 aliphatic heterocycles. The number of alkyl halides is 1. The Morgan fingerprint density at radius 2 is 1.35 bits per heavy atom. The highest BCUT2D eigenvalue weighted by atomic mass is 35.5. The quantitative estimate of drug-likeness (QED) is 0.542. The molecule has 2 aliphatic rings. The van der Waals surface area contributed by atoms with Gasteiger partial charge in [0.1, 0.15) is 0 Å². The standard InChI is InChI=1S/C16H25ClO6/c17-10-1-3-11(4-2-10)22-7-8-23-12-5-6-13(15(18)19)14(9-12)16(20)21/h10-14H,1-9H2,(H,18,19)(H,20,21). The van der Waals surface area contributed by atoms with Gasteiger partial charge in [0.05, 0.1) is 37.3 Å². The molecule has 23 heavy (non-hydrogen) atoms. The Labute approximate surface area is 141 Å². The second-order valence-corrected chi connectivity index (χ2v) is 7.06. The molecule has 2 aliphatic carbocycles. The Morgan fingerprint density at radius 1 is 0.826 bits per heavy atom. The van der Waals surface area contributed by atoms with E-state index in [4.69, 9.17) is 26.2 Å². The van der Waals surface area contributed by atoms with Crippen LogP contribution in [0.2, 0.25) is 0 Å². The molecule has 0 aromatic carbocycles. The minimum atomic E-state index is -1.06. The fourth-order valence-electron chi connectivity index (χ4n) is 3.47. The van der Waals surface area contributed by atoms with Crippen molar-refractivity contribution in [2.24, 2.45) is 11.8 Å². The van der Waals surface area contributed by atoms with Gasteiger partial charge in [-0.1, -0.05) is 0 Å². The molecule has 3 unspecified atom stereocenters. The summed E-state index contributed by atoms with van der Waals surface area (Å²) in [6, 6.07) is 0. The van der Waals surface area contributed by atoms with E-state index in [9.17, 15) is 14.7 Å². The summed E-state index contributed by atoms with van der Waals surface area (Å²) in [7, 11) is 0. The van der Waals surface area contributed by atoms with Crippen molar-refractivity contribution in [2.45, 2.75) is 62.5 Å². The third kappa shape index (κ3) is 5.62. The summed E-state index contributed by atoms with van der Waals surface area (Å²) >= 11 is 6.05. The molecule has 132 valence electrons. The minimum Gasteiger partial charge on any atom is -0.481 e. The lowest BCUT2D eigenvalue weighted by Gasteiger charge is -2.31. The monoisotopic (exact) mass is 348 g/mol. The summed E-state index contributed by atoms with van der Waals surface area (Å²) in [5.41, 5.74) is 0. The van der Waals surface area contributed by atoms with Gasteiger partial charge in [-0.05, 0) is 44.9 Å². The highest BCUT2D eigenvalue weighted by Crippen LogP contribution is 2.32. The fraction of sp³-hybridized carbons (Fsp3) is 0.875. The molecule has 0 heterocycles. The number of aliphatic carboxylic acids is 2. The molecular weight excluding hydrogens is 324 g/mol. The van der Waals surface area contributed by atoms with Crippen molar-refractivity contribution in [3.8, 4) is 0 Å². The molecule has 0 spiro atoms. The average molecular weight is 349 g/mol. The van der Waals surface area contributed by atoms with E-state index in [1.54, 1.807) is 0 Å². The molecule has 2 rings (SSSR count). The van der Waals surface area contributed by atoms with Crippen LogP contribution in [0.5, 0.6) is 0 Å². The lowest BCUT2D eigenvalue weighted by molar-refractivity contribution is -0.159. The molecule has 2 saturated carbocycles. The number of halogens is 1. The maximum atomic E-state index is 11.2. The maximum Gasteiger partial charge on any atom is 0.307 e. The Balaban J connectivity index is 1.66. The van der Waals surface area contributed by atoms with E-state index < -0.39 is 23.8 Å². The van der Waals surface area contributed by atoms with Crippen LogP contribution in [0.15, 0.2) is 0 Å². The predicted molar refractivity (Wildman–Crippen MR) is 83.7 cm³/mol. The minimum absolute atomic E-state index is 0.200. The Bertz CT molecular complexity index is 407. The molecule has 0 radical (unpaired) electrons. The first kappa shape index (κ1) is 18.5. The summed E-state index contributed by atoms with van der Waals surface area (Å²) < 4.78 is 11.5. The molecule has 7 heteroatoms. The first-order valence-corrected chi connectivity index (χ1v) is 8.74. The van der Waals surface area contributed by atoms with Gasteiger partial charge in [0.25, 0.3) is 0 Å². The van der Waals surface area contributed by atoms with Crippen LogP contribution in [-0.2, 0) is 19.1 Å².